The summed E-state index contributed by atoms with van der Waals surface area (Å²) in [5.74, 6) is 0.482. The third-order valence-electron chi connectivity index (χ3n) is 5.39. The van der Waals surface area contributed by atoms with E-state index in [2.05, 4.69) is 0 Å². The zero-order chi connectivity index (χ0) is 19.5. The summed E-state index contributed by atoms with van der Waals surface area (Å²) < 4.78 is 10.7. The number of carbonyl (C=O) groups is 1. The third kappa shape index (κ3) is 3.65. The molecular formula is C23H23NO4. The molecule has 0 spiro atoms. The lowest BCUT2D eigenvalue weighted by Gasteiger charge is -2.29. The first-order valence-electron chi connectivity index (χ1n) is 9.62. The van der Waals surface area contributed by atoms with Gasteiger partial charge in [0.1, 0.15) is 16.9 Å². The standard InChI is InChI=1S/C23H23NO4/c1-27-19-11-6-7-16(13-19)15-24(18-9-3-4-10-18)22(25)20-14-17-8-2-5-12-21(17)28-23(20)26/h2,5-8,11-14,18H,3-4,9-10,15H2,1H3. The normalized spacial score (nSPS) is 14.3. The van der Waals surface area contributed by atoms with E-state index in [4.69, 9.17) is 9.15 Å². The summed E-state index contributed by atoms with van der Waals surface area (Å²) in [6.45, 7) is 0.437. The number of hydrogen-bond acceptors (Lipinski definition) is 4. The molecule has 1 aromatic heterocycles. The van der Waals surface area contributed by atoms with Crippen molar-refractivity contribution in [2.45, 2.75) is 38.3 Å². The van der Waals surface area contributed by atoms with Crippen molar-refractivity contribution in [3.63, 3.8) is 0 Å². The molecule has 0 N–H and O–H groups in total. The number of amides is 1. The number of ether oxygens (including phenoxy) is 1. The van der Waals surface area contributed by atoms with Gasteiger partial charge in [-0.1, -0.05) is 43.2 Å². The third-order valence-corrected chi connectivity index (χ3v) is 5.39. The quantitative estimate of drug-likeness (QED) is 0.619. The van der Waals surface area contributed by atoms with Crippen LogP contribution in [-0.4, -0.2) is 24.0 Å². The molecule has 1 saturated carbocycles. The number of methoxy groups -OCH3 is 1. The molecule has 1 amide bonds. The van der Waals surface area contributed by atoms with Crippen LogP contribution in [-0.2, 0) is 6.54 Å². The predicted octanol–water partition coefficient (Wildman–Crippen LogP) is 4.39. The first-order valence-corrected chi connectivity index (χ1v) is 9.62. The van der Waals surface area contributed by atoms with Crippen molar-refractivity contribution < 1.29 is 13.9 Å². The first-order chi connectivity index (χ1) is 13.7. The highest BCUT2D eigenvalue weighted by molar-refractivity contribution is 5.96. The fourth-order valence-corrected chi connectivity index (χ4v) is 3.92. The molecule has 144 valence electrons. The zero-order valence-corrected chi connectivity index (χ0v) is 15.9. The van der Waals surface area contributed by atoms with Gasteiger partial charge in [0.15, 0.2) is 0 Å². The van der Waals surface area contributed by atoms with Crippen molar-refractivity contribution in [1.29, 1.82) is 0 Å². The van der Waals surface area contributed by atoms with Gasteiger partial charge in [-0.25, -0.2) is 4.79 Å². The van der Waals surface area contributed by atoms with E-state index in [0.717, 1.165) is 42.4 Å². The van der Waals surface area contributed by atoms with Crippen LogP contribution in [0.25, 0.3) is 11.0 Å². The van der Waals surface area contributed by atoms with E-state index >= 15 is 0 Å². The molecule has 0 atom stereocenters. The minimum atomic E-state index is -0.586. The van der Waals surface area contributed by atoms with Gasteiger partial charge in [0, 0.05) is 18.0 Å². The Kier molecular flexibility index (Phi) is 5.15. The van der Waals surface area contributed by atoms with Gasteiger partial charge in [0.05, 0.1) is 7.11 Å². The van der Waals surface area contributed by atoms with Gasteiger partial charge in [-0.15, -0.1) is 0 Å². The molecular weight excluding hydrogens is 354 g/mol. The van der Waals surface area contributed by atoms with Crippen LogP contribution in [0.2, 0.25) is 0 Å². The number of para-hydroxylation sites is 1. The lowest BCUT2D eigenvalue weighted by atomic mass is 10.1. The molecule has 1 aliphatic rings. The van der Waals surface area contributed by atoms with Gasteiger partial charge in [-0.2, -0.15) is 0 Å². The number of fused-ring (bicyclic) bond motifs is 1. The highest BCUT2D eigenvalue weighted by Gasteiger charge is 2.29. The number of nitrogens with zero attached hydrogens (tertiary/aromatic N) is 1. The van der Waals surface area contributed by atoms with Crippen LogP contribution in [0.15, 0.2) is 63.8 Å². The van der Waals surface area contributed by atoms with Crippen molar-refractivity contribution >= 4 is 16.9 Å². The van der Waals surface area contributed by atoms with Crippen molar-refractivity contribution in [2.75, 3.05) is 7.11 Å². The maximum atomic E-state index is 13.4. The average Bonchev–Trinajstić information content (AvgIpc) is 3.25. The summed E-state index contributed by atoms with van der Waals surface area (Å²) in [5, 5.41) is 0.748. The molecule has 0 unspecified atom stereocenters. The van der Waals surface area contributed by atoms with Crippen molar-refractivity contribution in [3.8, 4) is 5.75 Å². The Bertz CT molecular complexity index is 1050. The highest BCUT2D eigenvalue weighted by Crippen LogP contribution is 2.27. The molecule has 1 aliphatic carbocycles. The monoisotopic (exact) mass is 377 g/mol. The second kappa shape index (κ2) is 7.89. The van der Waals surface area contributed by atoms with Crippen LogP contribution in [0.5, 0.6) is 5.75 Å². The van der Waals surface area contributed by atoms with Crippen LogP contribution >= 0.6 is 0 Å². The Labute approximate surface area is 163 Å². The Hall–Kier alpha value is -3.08. The molecule has 1 heterocycles. The number of hydrogen-bond donors (Lipinski definition) is 0. The number of carbonyl (C=O) groups excluding carboxylic acids is 1. The molecule has 28 heavy (non-hydrogen) atoms. The van der Waals surface area contributed by atoms with Crippen molar-refractivity contribution in [3.05, 3.63) is 76.1 Å². The SMILES string of the molecule is COc1cccc(CN(C(=O)c2cc3ccccc3oc2=O)C2CCCC2)c1. The number of rotatable bonds is 5. The smallest absolute Gasteiger partial charge is 0.349 e. The largest absolute Gasteiger partial charge is 0.497 e. The van der Waals surface area contributed by atoms with Gasteiger partial charge in [0.2, 0.25) is 0 Å². The Morgan fingerprint density at radius 2 is 1.89 bits per heavy atom. The molecule has 0 saturated heterocycles. The maximum absolute atomic E-state index is 13.4. The molecule has 0 radical (unpaired) electrons. The van der Waals surface area contributed by atoms with E-state index in [1.165, 1.54) is 0 Å². The molecule has 5 heteroatoms. The minimum Gasteiger partial charge on any atom is -0.497 e. The fraction of sp³-hybridized carbons (Fsp3) is 0.304. The lowest BCUT2D eigenvalue weighted by Crippen LogP contribution is -2.40. The average molecular weight is 377 g/mol. The molecule has 4 rings (SSSR count). The lowest BCUT2D eigenvalue weighted by molar-refractivity contribution is 0.0660. The van der Waals surface area contributed by atoms with Crippen molar-refractivity contribution in [2.24, 2.45) is 0 Å². The van der Waals surface area contributed by atoms with E-state index in [1.54, 1.807) is 25.3 Å². The van der Waals surface area contributed by atoms with Gasteiger partial charge in [-0.3, -0.25) is 4.79 Å². The van der Waals surface area contributed by atoms with E-state index in [-0.39, 0.29) is 17.5 Å². The Morgan fingerprint density at radius 3 is 2.68 bits per heavy atom. The van der Waals surface area contributed by atoms with Crippen molar-refractivity contribution in [1.82, 2.24) is 4.90 Å². The first kappa shape index (κ1) is 18.3. The zero-order valence-electron chi connectivity index (χ0n) is 15.9. The van der Waals surface area contributed by atoms with Crippen LogP contribution in [0.3, 0.4) is 0 Å². The highest BCUT2D eigenvalue weighted by atomic mass is 16.5. The second-order valence-corrected chi connectivity index (χ2v) is 7.21. The van der Waals surface area contributed by atoms with E-state index < -0.39 is 5.63 Å². The molecule has 3 aromatic rings. The predicted molar refractivity (Wildman–Crippen MR) is 108 cm³/mol. The van der Waals surface area contributed by atoms with Gasteiger partial charge < -0.3 is 14.1 Å². The summed E-state index contributed by atoms with van der Waals surface area (Å²) in [7, 11) is 1.62. The second-order valence-electron chi connectivity index (χ2n) is 7.21. The van der Waals surface area contributed by atoms with Gasteiger partial charge in [-0.05, 0) is 42.7 Å². The van der Waals surface area contributed by atoms with Crippen LogP contribution in [0.1, 0.15) is 41.6 Å². The number of benzene rings is 2. The molecule has 2 aromatic carbocycles. The van der Waals surface area contributed by atoms with Gasteiger partial charge in [0.25, 0.3) is 5.91 Å². The summed E-state index contributed by atoms with van der Waals surface area (Å²) >= 11 is 0. The topological polar surface area (TPSA) is 59.8 Å². The molecule has 0 bridgehead atoms. The molecule has 5 nitrogen and oxygen atoms in total. The van der Waals surface area contributed by atoms with Crippen LogP contribution in [0.4, 0.5) is 0 Å². The van der Waals surface area contributed by atoms with E-state index in [1.807, 2.05) is 41.3 Å². The van der Waals surface area contributed by atoms with Gasteiger partial charge >= 0.3 is 5.63 Å². The summed E-state index contributed by atoms with van der Waals surface area (Å²) in [6.07, 6.45) is 4.10. The Balaban J connectivity index is 1.70. The molecule has 1 fully saturated rings. The van der Waals surface area contributed by atoms with Crippen LogP contribution in [0, 0.1) is 0 Å². The van der Waals surface area contributed by atoms with E-state index in [9.17, 15) is 9.59 Å². The maximum Gasteiger partial charge on any atom is 0.349 e. The van der Waals surface area contributed by atoms with E-state index in [0.29, 0.717) is 12.1 Å². The van der Waals surface area contributed by atoms with Crippen LogP contribution < -0.4 is 10.4 Å². The minimum absolute atomic E-state index is 0.0912. The fourth-order valence-electron chi connectivity index (χ4n) is 3.92. The Morgan fingerprint density at radius 1 is 1.11 bits per heavy atom. The summed E-state index contributed by atoms with van der Waals surface area (Å²) in [6, 6.07) is 16.7. The summed E-state index contributed by atoms with van der Waals surface area (Å²) in [5.41, 5.74) is 0.972. The molecule has 0 aliphatic heterocycles. The summed E-state index contributed by atoms with van der Waals surface area (Å²) in [4.78, 5) is 27.7.